The van der Waals surface area contributed by atoms with Crippen LogP contribution in [0.15, 0.2) is 16.6 Å². The number of alkyl halides is 1. The Hall–Kier alpha value is -0.260. The van der Waals surface area contributed by atoms with Crippen LogP contribution in [0.25, 0.3) is 0 Å². The first kappa shape index (κ1) is 16.8. The van der Waals surface area contributed by atoms with E-state index in [1.165, 1.54) is 0 Å². The second-order valence-corrected chi connectivity index (χ2v) is 7.83. The van der Waals surface area contributed by atoms with E-state index in [1.807, 2.05) is 26.0 Å². The standard InChI is InChI=1S/C13H18BrClO3S/c1-3-5-19(16,17)6-4-18-13-10(2)7-12(14)8-11(13)9-15/h7-8H,3-6,9H2,1-2H3. The molecule has 0 radical (unpaired) electrons. The van der Waals surface area contributed by atoms with Crippen molar-refractivity contribution in [1.82, 2.24) is 0 Å². The van der Waals surface area contributed by atoms with E-state index in [0.29, 0.717) is 18.1 Å². The van der Waals surface area contributed by atoms with Crippen molar-refractivity contribution < 1.29 is 13.2 Å². The lowest BCUT2D eigenvalue weighted by Crippen LogP contribution is -2.17. The third-order valence-electron chi connectivity index (χ3n) is 2.62. The van der Waals surface area contributed by atoms with Crippen molar-refractivity contribution in [2.75, 3.05) is 18.1 Å². The molecular weight excluding hydrogens is 352 g/mol. The minimum Gasteiger partial charge on any atom is -0.492 e. The fraction of sp³-hybridized carbons (Fsp3) is 0.538. The number of aryl methyl sites for hydroxylation is 1. The van der Waals surface area contributed by atoms with Crippen LogP contribution >= 0.6 is 27.5 Å². The van der Waals surface area contributed by atoms with Crippen molar-refractivity contribution in [3.05, 3.63) is 27.7 Å². The van der Waals surface area contributed by atoms with Gasteiger partial charge in [0.2, 0.25) is 0 Å². The summed E-state index contributed by atoms with van der Waals surface area (Å²) in [5.74, 6) is 1.26. The van der Waals surface area contributed by atoms with E-state index in [2.05, 4.69) is 15.9 Å². The van der Waals surface area contributed by atoms with Crippen molar-refractivity contribution in [2.24, 2.45) is 0 Å². The Morgan fingerprint density at radius 3 is 2.58 bits per heavy atom. The van der Waals surface area contributed by atoms with Gasteiger partial charge in [-0.25, -0.2) is 8.42 Å². The third kappa shape index (κ3) is 5.32. The van der Waals surface area contributed by atoms with Gasteiger partial charge in [-0.3, -0.25) is 0 Å². The first-order valence-corrected chi connectivity index (χ1v) is 9.22. The quantitative estimate of drug-likeness (QED) is 0.688. The lowest BCUT2D eigenvalue weighted by molar-refractivity contribution is 0.335. The van der Waals surface area contributed by atoms with Gasteiger partial charge in [-0.05, 0) is 31.0 Å². The van der Waals surface area contributed by atoms with Crippen molar-refractivity contribution in [3.8, 4) is 5.75 Å². The zero-order valence-corrected chi connectivity index (χ0v) is 14.2. The Bertz CT molecular complexity index is 529. The zero-order chi connectivity index (χ0) is 14.5. The lowest BCUT2D eigenvalue weighted by Gasteiger charge is -2.13. The summed E-state index contributed by atoms with van der Waals surface area (Å²) < 4.78 is 29.7. The van der Waals surface area contributed by atoms with Gasteiger partial charge in [0.1, 0.15) is 12.4 Å². The molecule has 0 bridgehead atoms. The summed E-state index contributed by atoms with van der Waals surface area (Å²) in [5, 5.41) is 0. The molecule has 0 spiro atoms. The van der Waals surface area contributed by atoms with E-state index in [9.17, 15) is 8.42 Å². The topological polar surface area (TPSA) is 43.4 Å². The number of hydrogen-bond donors (Lipinski definition) is 0. The minimum atomic E-state index is -3.01. The van der Waals surface area contributed by atoms with E-state index in [1.54, 1.807) is 0 Å². The number of benzene rings is 1. The van der Waals surface area contributed by atoms with E-state index < -0.39 is 9.84 Å². The molecule has 0 N–H and O–H groups in total. The molecule has 0 heterocycles. The lowest BCUT2D eigenvalue weighted by atomic mass is 10.1. The predicted octanol–water partition coefficient (Wildman–Crippen LogP) is 3.70. The predicted molar refractivity (Wildman–Crippen MR) is 82.9 cm³/mol. The molecule has 0 atom stereocenters. The second kappa shape index (κ2) is 7.50. The summed E-state index contributed by atoms with van der Waals surface area (Å²) in [6.45, 7) is 3.92. The van der Waals surface area contributed by atoms with Crippen LogP contribution in [0.4, 0.5) is 0 Å². The highest BCUT2D eigenvalue weighted by Crippen LogP contribution is 2.29. The minimum absolute atomic E-state index is 0.0398. The summed E-state index contributed by atoms with van der Waals surface area (Å²) in [7, 11) is -3.01. The van der Waals surface area contributed by atoms with Crippen molar-refractivity contribution >= 4 is 37.4 Å². The highest BCUT2D eigenvalue weighted by molar-refractivity contribution is 9.10. The fourth-order valence-electron chi connectivity index (χ4n) is 1.79. The van der Waals surface area contributed by atoms with Gasteiger partial charge in [0.25, 0.3) is 0 Å². The van der Waals surface area contributed by atoms with Crippen LogP contribution < -0.4 is 4.74 Å². The van der Waals surface area contributed by atoms with Crippen LogP contribution in [0.5, 0.6) is 5.75 Å². The Morgan fingerprint density at radius 2 is 2.00 bits per heavy atom. The second-order valence-electron chi connectivity index (χ2n) is 4.34. The van der Waals surface area contributed by atoms with E-state index >= 15 is 0 Å². The molecule has 0 aromatic heterocycles. The highest BCUT2D eigenvalue weighted by atomic mass is 79.9. The Labute approximate surface area is 128 Å². The highest BCUT2D eigenvalue weighted by Gasteiger charge is 2.12. The number of halogens is 2. The molecule has 6 heteroatoms. The number of hydrogen-bond acceptors (Lipinski definition) is 3. The van der Waals surface area contributed by atoms with Gasteiger partial charge in [0, 0.05) is 10.0 Å². The molecule has 108 valence electrons. The van der Waals surface area contributed by atoms with Gasteiger partial charge in [0.05, 0.1) is 17.4 Å². The molecule has 0 saturated heterocycles. The van der Waals surface area contributed by atoms with E-state index in [-0.39, 0.29) is 18.1 Å². The molecule has 0 aliphatic heterocycles. The van der Waals surface area contributed by atoms with Crippen molar-refractivity contribution in [3.63, 3.8) is 0 Å². The fourth-order valence-corrected chi connectivity index (χ4v) is 3.77. The summed E-state index contributed by atoms with van der Waals surface area (Å²) >= 11 is 9.27. The average Bonchev–Trinajstić information content (AvgIpc) is 2.31. The maximum atomic E-state index is 11.6. The first-order chi connectivity index (χ1) is 8.89. The van der Waals surface area contributed by atoms with Gasteiger partial charge < -0.3 is 4.74 Å². The number of sulfone groups is 1. The molecule has 0 fully saturated rings. The zero-order valence-electron chi connectivity index (χ0n) is 11.1. The molecule has 0 amide bonds. The average molecular weight is 370 g/mol. The SMILES string of the molecule is CCCS(=O)(=O)CCOc1c(C)cc(Br)cc1CCl. The van der Waals surface area contributed by atoms with Gasteiger partial charge in [-0.1, -0.05) is 22.9 Å². The van der Waals surface area contributed by atoms with Crippen LogP contribution in [0.1, 0.15) is 24.5 Å². The van der Waals surface area contributed by atoms with Crippen LogP contribution in [0.2, 0.25) is 0 Å². The molecule has 1 aromatic carbocycles. The molecule has 3 nitrogen and oxygen atoms in total. The van der Waals surface area contributed by atoms with Gasteiger partial charge >= 0.3 is 0 Å². The maximum absolute atomic E-state index is 11.6. The molecule has 0 aliphatic carbocycles. The molecule has 0 unspecified atom stereocenters. The first-order valence-electron chi connectivity index (χ1n) is 6.08. The molecule has 0 saturated carbocycles. The molecule has 19 heavy (non-hydrogen) atoms. The van der Waals surface area contributed by atoms with Gasteiger partial charge in [0.15, 0.2) is 9.84 Å². The Kier molecular flexibility index (Phi) is 6.63. The normalized spacial score (nSPS) is 11.6. The van der Waals surface area contributed by atoms with Crippen LogP contribution in [0.3, 0.4) is 0 Å². The molecular formula is C13H18BrClO3S. The van der Waals surface area contributed by atoms with Crippen LogP contribution in [-0.4, -0.2) is 26.5 Å². The van der Waals surface area contributed by atoms with Crippen LogP contribution in [-0.2, 0) is 15.7 Å². The number of ether oxygens (including phenoxy) is 1. The smallest absolute Gasteiger partial charge is 0.153 e. The summed E-state index contributed by atoms with van der Waals surface area (Å²) in [6.07, 6.45) is 0.632. The number of rotatable bonds is 7. The van der Waals surface area contributed by atoms with Crippen molar-refractivity contribution in [2.45, 2.75) is 26.1 Å². The van der Waals surface area contributed by atoms with Gasteiger partial charge in [-0.2, -0.15) is 0 Å². The van der Waals surface area contributed by atoms with Crippen LogP contribution in [0, 0.1) is 6.92 Å². The maximum Gasteiger partial charge on any atom is 0.153 e. The van der Waals surface area contributed by atoms with E-state index in [0.717, 1.165) is 15.6 Å². The third-order valence-corrected chi connectivity index (χ3v) is 5.18. The Balaban J connectivity index is 2.73. The largest absolute Gasteiger partial charge is 0.492 e. The van der Waals surface area contributed by atoms with Gasteiger partial charge in [-0.15, -0.1) is 11.6 Å². The molecule has 1 aromatic rings. The summed E-state index contributed by atoms with van der Waals surface area (Å²) in [4.78, 5) is 0. The summed E-state index contributed by atoms with van der Waals surface area (Å²) in [6, 6.07) is 3.81. The molecule has 1 rings (SSSR count). The Morgan fingerprint density at radius 1 is 1.32 bits per heavy atom. The molecule has 0 aliphatic rings. The summed E-state index contributed by atoms with van der Waals surface area (Å²) in [5.41, 5.74) is 1.80. The van der Waals surface area contributed by atoms with Crippen molar-refractivity contribution in [1.29, 1.82) is 0 Å². The van der Waals surface area contributed by atoms with E-state index in [4.69, 9.17) is 16.3 Å². The monoisotopic (exact) mass is 368 g/mol.